The van der Waals surface area contributed by atoms with E-state index in [4.69, 9.17) is 10.5 Å². The fourth-order valence-corrected chi connectivity index (χ4v) is 1.12. The highest BCUT2D eigenvalue weighted by Crippen LogP contribution is 2.02. The molecule has 16 heavy (non-hydrogen) atoms. The largest absolute Gasteiger partial charge is 0.461 e. The van der Waals surface area contributed by atoms with Gasteiger partial charge < -0.3 is 10.5 Å². The number of benzene rings is 1. The number of esters is 1. The Hall–Kier alpha value is -1.68. The Morgan fingerprint density at radius 1 is 1.31 bits per heavy atom. The van der Waals surface area contributed by atoms with Crippen LogP contribution < -0.4 is 5.73 Å². The second kappa shape index (κ2) is 6.02. The molecule has 0 saturated heterocycles. The summed E-state index contributed by atoms with van der Waals surface area (Å²) in [6.07, 6.45) is -0.0673. The lowest BCUT2D eigenvalue weighted by Crippen LogP contribution is -2.31. The SMILES string of the molecule is CC(=O)C(N)CC(=O)OCc1ccccc1. The van der Waals surface area contributed by atoms with Crippen molar-refractivity contribution >= 4 is 11.8 Å². The summed E-state index contributed by atoms with van der Waals surface area (Å²) < 4.78 is 4.98. The van der Waals surface area contributed by atoms with Gasteiger partial charge >= 0.3 is 5.97 Å². The first-order valence-corrected chi connectivity index (χ1v) is 5.05. The Morgan fingerprint density at radius 3 is 2.50 bits per heavy atom. The highest BCUT2D eigenvalue weighted by Gasteiger charge is 2.14. The lowest BCUT2D eigenvalue weighted by atomic mass is 10.1. The van der Waals surface area contributed by atoms with Crippen molar-refractivity contribution in [2.24, 2.45) is 5.73 Å². The van der Waals surface area contributed by atoms with E-state index in [0.29, 0.717) is 0 Å². The van der Waals surface area contributed by atoms with E-state index in [9.17, 15) is 9.59 Å². The number of nitrogens with two attached hydrogens (primary N) is 1. The molecule has 0 saturated carbocycles. The summed E-state index contributed by atoms with van der Waals surface area (Å²) in [5, 5.41) is 0. The van der Waals surface area contributed by atoms with E-state index in [-0.39, 0.29) is 18.8 Å². The zero-order chi connectivity index (χ0) is 12.0. The molecule has 0 radical (unpaired) electrons. The molecule has 0 aromatic heterocycles. The average molecular weight is 221 g/mol. The number of carbonyl (C=O) groups excluding carboxylic acids is 2. The van der Waals surface area contributed by atoms with Gasteiger partial charge in [-0.15, -0.1) is 0 Å². The second-order valence-corrected chi connectivity index (χ2v) is 3.57. The molecule has 86 valence electrons. The van der Waals surface area contributed by atoms with Gasteiger partial charge in [0.1, 0.15) is 12.4 Å². The third-order valence-electron chi connectivity index (χ3n) is 2.15. The Bertz CT molecular complexity index is 362. The monoisotopic (exact) mass is 221 g/mol. The number of rotatable bonds is 5. The normalized spacial score (nSPS) is 11.9. The molecule has 0 aliphatic rings. The van der Waals surface area contributed by atoms with Gasteiger partial charge in [-0.1, -0.05) is 30.3 Å². The van der Waals surface area contributed by atoms with Crippen LogP contribution >= 0.6 is 0 Å². The van der Waals surface area contributed by atoms with E-state index in [1.165, 1.54) is 6.92 Å². The molecular weight excluding hydrogens is 206 g/mol. The van der Waals surface area contributed by atoms with Crippen LogP contribution in [0.2, 0.25) is 0 Å². The predicted octanol–water partition coefficient (Wildman–Crippen LogP) is 1.04. The van der Waals surface area contributed by atoms with Gasteiger partial charge in [0, 0.05) is 0 Å². The van der Waals surface area contributed by atoms with Crippen LogP contribution in [-0.4, -0.2) is 17.8 Å². The van der Waals surface area contributed by atoms with Crippen LogP contribution in [0.5, 0.6) is 0 Å². The van der Waals surface area contributed by atoms with Gasteiger partial charge in [-0.2, -0.15) is 0 Å². The van der Waals surface area contributed by atoms with Crippen molar-refractivity contribution in [3.63, 3.8) is 0 Å². The Kier molecular flexibility index (Phi) is 4.66. The standard InChI is InChI=1S/C12H15NO3/c1-9(14)11(13)7-12(15)16-8-10-5-3-2-4-6-10/h2-6,11H,7-8,13H2,1H3. The first kappa shape index (κ1) is 12.4. The molecule has 0 aliphatic carbocycles. The predicted molar refractivity (Wildman–Crippen MR) is 59.5 cm³/mol. The smallest absolute Gasteiger partial charge is 0.308 e. The van der Waals surface area contributed by atoms with E-state index in [2.05, 4.69) is 0 Å². The number of ketones is 1. The summed E-state index contributed by atoms with van der Waals surface area (Å²) in [6.45, 7) is 1.57. The van der Waals surface area contributed by atoms with Crippen molar-refractivity contribution < 1.29 is 14.3 Å². The van der Waals surface area contributed by atoms with Crippen molar-refractivity contribution in [2.45, 2.75) is 26.0 Å². The molecule has 0 bridgehead atoms. The lowest BCUT2D eigenvalue weighted by molar-refractivity contribution is -0.146. The molecule has 0 aliphatic heterocycles. The molecule has 1 aromatic carbocycles. The molecule has 4 nitrogen and oxygen atoms in total. The van der Waals surface area contributed by atoms with Gasteiger partial charge in [-0.25, -0.2) is 0 Å². The molecule has 0 fully saturated rings. The molecule has 0 spiro atoms. The van der Waals surface area contributed by atoms with Crippen molar-refractivity contribution in [1.29, 1.82) is 0 Å². The minimum absolute atomic E-state index is 0.0673. The van der Waals surface area contributed by atoms with Crippen LogP contribution in [-0.2, 0) is 20.9 Å². The van der Waals surface area contributed by atoms with Gasteiger partial charge in [0.15, 0.2) is 0 Å². The summed E-state index contributed by atoms with van der Waals surface area (Å²) in [5.41, 5.74) is 6.35. The van der Waals surface area contributed by atoms with Crippen molar-refractivity contribution in [2.75, 3.05) is 0 Å². The number of carbonyl (C=O) groups is 2. The van der Waals surface area contributed by atoms with E-state index >= 15 is 0 Å². The molecule has 1 unspecified atom stereocenters. The van der Waals surface area contributed by atoms with Gasteiger partial charge in [0.2, 0.25) is 0 Å². The Labute approximate surface area is 94.4 Å². The van der Waals surface area contributed by atoms with Crippen LogP contribution in [0.3, 0.4) is 0 Å². The first-order chi connectivity index (χ1) is 7.59. The van der Waals surface area contributed by atoms with Crippen LogP contribution in [0.25, 0.3) is 0 Å². The lowest BCUT2D eigenvalue weighted by Gasteiger charge is -2.08. The van der Waals surface area contributed by atoms with E-state index in [1.54, 1.807) is 0 Å². The van der Waals surface area contributed by atoms with Crippen molar-refractivity contribution in [1.82, 2.24) is 0 Å². The highest BCUT2D eigenvalue weighted by molar-refractivity contribution is 5.86. The molecule has 1 atom stereocenters. The Morgan fingerprint density at radius 2 is 1.94 bits per heavy atom. The van der Waals surface area contributed by atoms with Crippen LogP contribution in [0.4, 0.5) is 0 Å². The fraction of sp³-hybridized carbons (Fsp3) is 0.333. The molecule has 1 rings (SSSR count). The first-order valence-electron chi connectivity index (χ1n) is 5.05. The quantitative estimate of drug-likeness (QED) is 0.754. The third kappa shape index (κ3) is 4.23. The van der Waals surface area contributed by atoms with Gasteiger partial charge in [0.25, 0.3) is 0 Å². The molecular formula is C12H15NO3. The van der Waals surface area contributed by atoms with Crippen LogP contribution in [0, 0.1) is 0 Å². The summed E-state index contributed by atoms with van der Waals surface area (Å²) in [5.74, 6) is -0.664. The van der Waals surface area contributed by atoms with Gasteiger partial charge in [-0.3, -0.25) is 9.59 Å². The molecule has 0 amide bonds. The highest BCUT2D eigenvalue weighted by atomic mass is 16.5. The number of Topliss-reactive ketones (excluding diaryl/α,β-unsaturated/α-hetero) is 1. The fourth-order valence-electron chi connectivity index (χ4n) is 1.12. The topological polar surface area (TPSA) is 69.4 Å². The average Bonchev–Trinajstić information content (AvgIpc) is 2.27. The second-order valence-electron chi connectivity index (χ2n) is 3.57. The van der Waals surface area contributed by atoms with Crippen molar-refractivity contribution in [3.8, 4) is 0 Å². The molecule has 1 aromatic rings. The maximum atomic E-state index is 11.3. The minimum Gasteiger partial charge on any atom is -0.461 e. The zero-order valence-corrected chi connectivity index (χ0v) is 9.18. The number of ether oxygens (including phenoxy) is 1. The maximum Gasteiger partial charge on any atom is 0.308 e. The number of hydrogen-bond donors (Lipinski definition) is 1. The van der Waals surface area contributed by atoms with Crippen LogP contribution in [0.1, 0.15) is 18.9 Å². The minimum atomic E-state index is -0.761. The van der Waals surface area contributed by atoms with E-state index in [1.807, 2.05) is 30.3 Å². The maximum absolute atomic E-state index is 11.3. The summed E-state index contributed by atoms with van der Waals surface area (Å²) in [6, 6.07) is 8.57. The van der Waals surface area contributed by atoms with Gasteiger partial charge in [0.05, 0.1) is 12.5 Å². The summed E-state index contributed by atoms with van der Waals surface area (Å²) >= 11 is 0. The third-order valence-corrected chi connectivity index (χ3v) is 2.15. The van der Waals surface area contributed by atoms with E-state index in [0.717, 1.165) is 5.56 Å². The zero-order valence-electron chi connectivity index (χ0n) is 9.18. The van der Waals surface area contributed by atoms with Crippen molar-refractivity contribution in [3.05, 3.63) is 35.9 Å². The summed E-state index contributed by atoms with van der Waals surface area (Å²) in [4.78, 5) is 22.1. The summed E-state index contributed by atoms with van der Waals surface area (Å²) in [7, 11) is 0. The molecule has 0 heterocycles. The van der Waals surface area contributed by atoms with E-state index < -0.39 is 12.0 Å². The van der Waals surface area contributed by atoms with Gasteiger partial charge in [-0.05, 0) is 12.5 Å². The van der Waals surface area contributed by atoms with Crippen LogP contribution in [0.15, 0.2) is 30.3 Å². The molecule has 2 N–H and O–H groups in total. The number of hydrogen-bond acceptors (Lipinski definition) is 4. The Balaban J connectivity index is 2.33. The molecule has 4 heteroatoms.